The van der Waals surface area contributed by atoms with Gasteiger partial charge in [-0.05, 0) is 66.9 Å². The Morgan fingerprint density at radius 2 is 1.90 bits per heavy atom. The lowest BCUT2D eigenvalue weighted by molar-refractivity contribution is -0.129. The zero-order chi connectivity index (χ0) is 29.4. The van der Waals surface area contributed by atoms with Crippen LogP contribution in [0.1, 0.15) is 48.6 Å². The number of rotatable bonds is 12. The molecular formula is C30H31Cl2N5O4. The number of hydrogen-bond donors (Lipinski definition) is 2. The Morgan fingerprint density at radius 3 is 2.56 bits per heavy atom. The van der Waals surface area contributed by atoms with E-state index in [1.54, 1.807) is 42.5 Å². The van der Waals surface area contributed by atoms with Gasteiger partial charge in [0.1, 0.15) is 5.75 Å². The Bertz CT molecular complexity index is 1460. The maximum absolute atomic E-state index is 14.2. The summed E-state index contributed by atoms with van der Waals surface area (Å²) in [5.41, 5.74) is 10.2. The highest BCUT2D eigenvalue weighted by Crippen LogP contribution is 2.45. The van der Waals surface area contributed by atoms with Crippen LogP contribution in [0.3, 0.4) is 0 Å². The molecule has 0 unspecified atom stereocenters. The van der Waals surface area contributed by atoms with Gasteiger partial charge in [-0.15, -0.1) is 0 Å². The molecule has 9 nitrogen and oxygen atoms in total. The Labute approximate surface area is 248 Å². The zero-order valence-corrected chi connectivity index (χ0v) is 24.3. The maximum Gasteiger partial charge on any atom is 0.252 e. The summed E-state index contributed by atoms with van der Waals surface area (Å²) in [6.45, 7) is 4.31. The topological polar surface area (TPSA) is 129 Å². The molecule has 3 aromatic rings. The molecule has 2 atom stereocenters. The third-order valence-electron chi connectivity index (χ3n) is 6.58. The number of aliphatic imine (C=N–C) groups is 1. The van der Waals surface area contributed by atoms with Crippen molar-refractivity contribution in [1.29, 1.82) is 0 Å². The highest BCUT2D eigenvalue weighted by molar-refractivity contribution is 6.35. The van der Waals surface area contributed by atoms with Crippen LogP contribution in [0.15, 0.2) is 76.8 Å². The van der Waals surface area contributed by atoms with E-state index in [2.05, 4.69) is 15.3 Å². The van der Waals surface area contributed by atoms with Crippen molar-refractivity contribution in [3.8, 4) is 5.75 Å². The van der Waals surface area contributed by atoms with Crippen LogP contribution in [-0.2, 0) is 22.5 Å². The van der Waals surface area contributed by atoms with Crippen LogP contribution in [0.25, 0.3) is 10.4 Å². The molecule has 0 aliphatic carbocycles. The van der Waals surface area contributed by atoms with E-state index in [4.69, 9.17) is 48.3 Å². The summed E-state index contributed by atoms with van der Waals surface area (Å²) in [5, 5.41) is 16.6. The summed E-state index contributed by atoms with van der Waals surface area (Å²) in [5.74, 6) is 0.573. The van der Waals surface area contributed by atoms with Crippen molar-refractivity contribution in [2.45, 2.75) is 50.9 Å². The van der Waals surface area contributed by atoms with Crippen LogP contribution in [-0.4, -0.2) is 41.7 Å². The predicted molar refractivity (Wildman–Crippen MR) is 159 cm³/mol. The van der Waals surface area contributed by atoms with Gasteiger partial charge in [-0.2, -0.15) is 0 Å². The number of nitrogens with one attached hydrogen (secondary N) is 1. The van der Waals surface area contributed by atoms with Crippen molar-refractivity contribution in [2.75, 3.05) is 13.2 Å². The average molecular weight is 597 g/mol. The van der Waals surface area contributed by atoms with E-state index in [1.807, 2.05) is 38.1 Å². The fourth-order valence-electron chi connectivity index (χ4n) is 4.64. The van der Waals surface area contributed by atoms with Crippen LogP contribution < -0.4 is 10.1 Å². The van der Waals surface area contributed by atoms with Gasteiger partial charge in [0.2, 0.25) is 5.90 Å². The van der Waals surface area contributed by atoms with E-state index in [-0.39, 0.29) is 37.4 Å². The number of nitrogens with zero attached hydrogens (tertiary/aromatic N) is 4. The molecule has 0 spiro atoms. The number of amides is 1. The number of carbonyl (C=O) groups excluding carboxylic acids is 1. The number of halogens is 2. The SMILES string of the molecule is CC(C)NC(=O)[C@]1(Cc2ccccc2CN=[N+]=[N-])N=C(c2ccc(OCCCO)cc2)O[C@@H]1c1ccc(Cl)cc1Cl. The minimum Gasteiger partial charge on any atom is -0.494 e. The smallest absolute Gasteiger partial charge is 0.252 e. The maximum atomic E-state index is 14.2. The van der Waals surface area contributed by atoms with Crippen LogP contribution in [0.2, 0.25) is 10.0 Å². The minimum atomic E-state index is -1.46. The lowest BCUT2D eigenvalue weighted by atomic mass is 9.80. The van der Waals surface area contributed by atoms with Crippen molar-refractivity contribution in [3.05, 3.63) is 109 Å². The molecule has 0 fully saturated rings. The molecule has 1 amide bonds. The third-order valence-corrected chi connectivity index (χ3v) is 7.14. The number of benzene rings is 3. The summed E-state index contributed by atoms with van der Waals surface area (Å²) in [7, 11) is 0. The molecule has 0 aromatic heterocycles. The summed E-state index contributed by atoms with van der Waals surface area (Å²) in [6.07, 6.45) is -0.220. The molecular weight excluding hydrogens is 565 g/mol. The standard InChI is InChI=1S/C30H31Cl2N5O4/c1-19(2)35-29(39)30(17-21-6-3-4-7-22(21)18-34-37-33)27(25-13-10-23(31)16-26(25)32)41-28(36-30)20-8-11-24(12-9-20)40-15-5-14-38/h3-4,6-13,16,19,27,38H,5,14-15,17-18H2,1-2H3,(H,35,39)/t27-,30-/m1/s1. The second-order valence-electron chi connectivity index (χ2n) is 9.92. The number of ether oxygens (including phenoxy) is 2. The monoisotopic (exact) mass is 595 g/mol. The number of aliphatic hydroxyl groups excluding tert-OH is 1. The molecule has 0 radical (unpaired) electrons. The van der Waals surface area contributed by atoms with Gasteiger partial charge in [0.15, 0.2) is 11.6 Å². The normalized spacial score (nSPS) is 17.9. The van der Waals surface area contributed by atoms with Gasteiger partial charge in [-0.3, -0.25) is 4.79 Å². The Balaban J connectivity index is 1.85. The van der Waals surface area contributed by atoms with Crippen LogP contribution in [0, 0.1) is 0 Å². The molecule has 214 valence electrons. The van der Waals surface area contributed by atoms with Gasteiger partial charge >= 0.3 is 0 Å². The Morgan fingerprint density at radius 1 is 1.17 bits per heavy atom. The summed E-state index contributed by atoms with van der Waals surface area (Å²) in [6, 6.07) is 19.5. The van der Waals surface area contributed by atoms with Crippen molar-refractivity contribution < 1.29 is 19.4 Å². The molecule has 2 N–H and O–H groups in total. The average Bonchev–Trinajstić information content (AvgIpc) is 3.33. The summed E-state index contributed by atoms with van der Waals surface area (Å²) in [4.78, 5) is 22.1. The first kappa shape index (κ1) is 30.2. The molecule has 3 aromatic carbocycles. The van der Waals surface area contributed by atoms with Crippen molar-refractivity contribution >= 4 is 35.0 Å². The number of aliphatic hydroxyl groups is 1. The van der Waals surface area contributed by atoms with Crippen LogP contribution in [0.4, 0.5) is 0 Å². The lowest BCUT2D eigenvalue weighted by Gasteiger charge is -2.32. The first-order valence-electron chi connectivity index (χ1n) is 13.2. The quantitative estimate of drug-likeness (QED) is 0.106. The van der Waals surface area contributed by atoms with Gasteiger partial charge < -0.3 is 19.9 Å². The third kappa shape index (κ3) is 7.13. The first-order valence-corrected chi connectivity index (χ1v) is 14.0. The lowest BCUT2D eigenvalue weighted by Crippen LogP contribution is -2.51. The van der Waals surface area contributed by atoms with E-state index in [0.717, 1.165) is 11.1 Å². The molecule has 11 heteroatoms. The van der Waals surface area contributed by atoms with Gasteiger partial charge in [-0.1, -0.05) is 58.6 Å². The Kier molecular flexibility index (Phi) is 10.1. The molecule has 0 bridgehead atoms. The summed E-state index contributed by atoms with van der Waals surface area (Å²) >= 11 is 12.9. The highest BCUT2D eigenvalue weighted by Gasteiger charge is 2.54. The number of carbonyl (C=O) groups is 1. The predicted octanol–water partition coefficient (Wildman–Crippen LogP) is 6.59. The zero-order valence-electron chi connectivity index (χ0n) is 22.8. The van der Waals surface area contributed by atoms with Gasteiger partial charge in [0.05, 0.1) is 13.2 Å². The van der Waals surface area contributed by atoms with E-state index < -0.39 is 11.6 Å². The van der Waals surface area contributed by atoms with Crippen molar-refractivity contribution in [1.82, 2.24) is 5.32 Å². The Hall–Kier alpha value is -3.75. The highest BCUT2D eigenvalue weighted by atomic mass is 35.5. The van der Waals surface area contributed by atoms with Crippen molar-refractivity contribution in [2.24, 2.45) is 10.1 Å². The van der Waals surface area contributed by atoms with E-state index in [9.17, 15) is 4.79 Å². The largest absolute Gasteiger partial charge is 0.494 e. The molecule has 4 rings (SSSR count). The molecule has 0 saturated heterocycles. The first-order chi connectivity index (χ1) is 19.8. The molecule has 41 heavy (non-hydrogen) atoms. The second kappa shape index (κ2) is 13.7. The molecule has 0 saturated carbocycles. The van der Waals surface area contributed by atoms with Gasteiger partial charge in [0, 0.05) is 51.6 Å². The van der Waals surface area contributed by atoms with Gasteiger partial charge in [0.25, 0.3) is 5.91 Å². The van der Waals surface area contributed by atoms with Crippen molar-refractivity contribution in [3.63, 3.8) is 0 Å². The van der Waals surface area contributed by atoms with Crippen LogP contribution in [0.5, 0.6) is 5.75 Å². The molecule has 1 heterocycles. The van der Waals surface area contributed by atoms with E-state index >= 15 is 0 Å². The fourth-order valence-corrected chi connectivity index (χ4v) is 5.15. The number of azide groups is 1. The van der Waals surface area contributed by atoms with E-state index in [0.29, 0.717) is 39.9 Å². The van der Waals surface area contributed by atoms with Crippen LogP contribution >= 0.6 is 23.2 Å². The molecule has 1 aliphatic heterocycles. The minimum absolute atomic E-state index is 0.0455. The summed E-state index contributed by atoms with van der Waals surface area (Å²) < 4.78 is 12.2. The fraction of sp³-hybridized carbons (Fsp3) is 0.333. The number of hydrogen-bond acceptors (Lipinski definition) is 6. The second-order valence-corrected chi connectivity index (χ2v) is 10.8. The van der Waals surface area contributed by atoms with Gasteiger partial charge in [-0.25, -0.2) is 4.99 Å². The van der Waals surface area contributed by atoms with E-state index in [1.165, 1.54) is 0 Å². The molecule has 1 aliphatic rings.